The monoisotopic (exact) mass is 580 g/mol. The number of hydrogen-bond donors (Lipinski definition) is 1. The van der Waals surface area contributed by atoms with E-state index < -0.39 is 5.91 Å². The lowest BCUT2D eigenvalue weighted by atomic mass is 10.1. The Morgan fingerprint density at radius 2 is 1.52 bits per heavy atom. The van der Waals surface area contributed by atoms with E-state index >= 15 is 0 Å². The summed E-state index contributed by atoms with van der Waals surface area (Å²) >= 11 is 6.10. The van der Waals surface area contributed by atoms with Gasteiger partial charge in [-0.1, -0.05) is 72.3 Å². The van der Waals surface area contributed by atoms with Crippen molar-refractivity contribution in [1.82, 2.24) is 14.5 Å². The van der Waals surface area contributed by atoms with Crippen LogP contribution in [0.5, 0.6) is 11.5 Å². The summed E-state index contributed by atoms with van der Waals surface area (Å²) in [7, 11) is 3.12. The van der Waals surface area contributed by atoms with Crippen LogP contribution in [-0.4, -0.2) is 47.0 Å². The minimum Gasteiger partial charge on any atom is -0.493 e. The number of nitrogens with one attached hydrogen (secondary N) is 1. The topological polar surface area (TPSA) is 85.7 Å². The van der Waals surface area contributed by atoms with Gasteiger partial charge in [0.2, 0.25) is 11.9 Å². The lowest BCUT2D eigenvalue weighted by molar-refractivity contribution is -0.117. The fraction of sp³-hybridized carbons (Fsp3) is 0.121. The molecule has 0 saturated carbocycles. The van der Waals surface area contributed by atoms with E-state index in [0.29, 0.717) is 33.5 Å². The molecule has 0 bridgehead atoms. The van der Waals surface area contributed by atoms with Gasteiger partial charge in [0.1, 0.15) is 6.54 Å². The Balaban J connectivity index is 1.47. The second-order valence-electron chi connectivity index (χ2n) is 9.43. The number of anilines is 1. The number of halogens is 1. The molecule has 0 spiro atoms. The van der Waals surface area contributed by atoms with Gasteiger partial charge in [0.05, 0.1) is 25.6 Å². The van der Waals surface area contributed by atoms with Gasteiger partial charge in [0.15, 0.2) is 11.5 Å². The summed E-state index contributed by atoms with van der Waals surface area (Å²) in [4.78, 5) is 33.2. The van der Waals surface area contributed by atoms with Gasteiger partial charge in [-0.2, -0.15) is 0 Å². The molecule has 212 valence electrons. The molecule has 1 N–H and O–H groups in total. The summed E-state index contributed by atoms with van der Waals surface area (Å²) in [5.74, 6) is 0.728. The highest BCUT2D eigenvalue weighted by molar-refractivity contribution is 6.30. The van der Waals surface area contributed by atoms with Crippen LogP contribution in [0.4, 0.5) is 5.95 Å². The third kappa shape index (κ3) is 6.62. The first-order valence-corrected chi connectivity index (χ1v) is 13.6. The van der Waals surface area contributed by atoms with Gasteiger partial charge >= 0.3 is 0 Å². The number of carbonyl (C=O) groups is 2. The quantitative estimate of drug-likeness (QED) is 0.204. The van der Waals surface area contributed by atoms with E-state index in [9.17, 15) is 9.59 Å². The largest absolute Gasteiger partial charge is 0.493 e. The Hall–Kier alpha value is -5.08. The van der Waals surface area contributed by atoms with Gasteiger partial charge in [-0.05, 0) is 42.0 Å². The van der Waals surface area contributed by atoms with Crippen LogP contribution in [0.15, 0.2) is 109 Å². The van der Waals surface area contributed by atoms with Gasteiger partial charge in [-0.25, -0.2) is 4.98 Å². The second kappa shape index (κ2) is 13.1. The average Bonchev–Trinajstić information content (AvgIpc) is 3.44. The zero-order chi connectivity index (χ0) is 29.5. The number of nitrogens with zero attached hydrogens (tertiary/aromatic N) is 3. The number of amides is 2. The van der Waals surface area contributed by atoms with Crippen LogP contribution in [0.25, 0.3) is 16.9 Å². The van der Waals surface area contributed by atoms with Crippen molar-refractivity contribution in [3.8, 4) is 28.4 Å². The molecule has 1 heterocycles. The van der Waals surface area contributed by atoms with Gasteiger partial charge in [-0.15, -0.1) is 0 Å². The maximum Gasteiger partial charge on any atom is 0.254 e. The third-order valence-corrected chi connectivity index (χ3v) is 6.85. The number of aromatic nitrogens is 2. The third-order valence-electron chi connectivity index (χ3n) is 6.60. The molecule has 0 unspecified atom stereocenters. The van der Waals surface area contributed by atoms with Crippen molar-refractivity contribution >= 4 is 29.4 Å². The van der Waals surface area contributed by atoms with Crippen LogP contribution < -0.4 is 14.8 Å². The maximum atomic E-state index is 13.5. The molecule has 5 aromatic rings. The van der Waals surface area contributed by atoms with Crippen LogP contribution in [0.2, 0.25) is 5.02 Å². The van der Waals surface area contributed by atoms with E-state index in [0.717, 1.165) is 11.1 Å². The van der Waals surface area contributed by atoms with Crippen molar-refractivity contribution in [1.29, 1.82) is 0 Å². The number of rotatable bonds is 10. The fourth-order valence-electron chi connectivity index (χ4n) is 4.50. The summed E-state index contributed by atoms with van der Waals surface area (Å²) < 4.78 is 12.6. The molecule has 0 aliphatic carbocycles. The number of ether oxygens (including phenoxy) is 2. The van der Waals surface area contributed by atoms with Crippen molar-refractivity contribution in [2.75, 3.05) is 26.1 Å². The van der Waals surface area contributed by atoms with Gasteiger partial charge in [-0.3, -0.25) is 19.5 Å². The van der Waals surface area contributed by atoms with E-state index in [4.69, 9.17) is 26.1 Å². The first-order chi connectivity index (χ1) is 20.4. The van der Waals surface area contributed by atoms with Crippen LogP contribution in [0, 0.1) is 0 Å². The molecule has 0 atom stereocenters. The molecule has 0 aliphatic rings. The molecule has 9 heteroatoms. The van der Waals surface area contributed by atoms with Crippen molar-refractivity contribution in [3.63, 3.8) is 0 Å². The molecule has 0 fully saturated rings. The zero-order valence-electron chi connectivity index (χ0n) is 23.2. The standard InChI is InChI=1S/C33H29ClN4O4/c1-41-29-18-17-27(19-30(29)42-2)38-21-28(24-13-15-26(34)16-14-24)35-33(38)36-31(39)22-37(20-23-9-5-3-6-10-23)32(40)25-11-7-4-8-12-25/h3-19,21H,20,22H2,1-2H3,(H,35,36,39). The number of hydrogen-bond acceptors (Lipinski definition) is 5. The predicted molar refractivity (Wildman–Crippen MR) is 163 cm³/mol. The van der Waals surface area contributed by atoms with E-state index in [1.807, 2.05) is 60.8 Å². The number of carbonyl (C=O) groups excluding carboxylic acids is 2. The first kappa shape index (κ1) is 28.4. The predicted octanol–water partition coefficient (Wildman–Crippen LogP) is 6.49. The van der Waals surface area contributed by atoms with E-state index in [-0.39, 0.29) is 24.9 Å². The Bertz CT molecular complexity index is 1670. The molecule has 42 heavy (non-hydrogen) atoms. The molecule has 1 aromatic heterocycles. The molecule has 0 aliphatic heterocycles. The molecule has 5 rings (SSSR count). The summed E-state index contributed by atoms with van der Waals surface area (Å²) in [6.07, 6.45) is 1.82. The van der Waals surface area contributed by atoms with Crippen molar-refractivity contribution in [3.05, 3.63) is 125 Å². The van der Waals surface area contributed by atoms with Gasteiger partial charge < -0.3 is 14.4 Å². The zero-order valence-corrected chi connectivity index (χ0v) is 23.9. The molecule has 2 amide bonds. The lowest BCUT2D eigenvalue weighted by Crippen LogP contribution is -2.38. The Kier molecular flexibility index (Phi) is 8.84. The van der Waals surface area contributed by atoms with E-state index in [2.05, 4.69) is 5.32 Å². The minimum absolute atomic E-state index is 0.183. The maximum absolute atomic E-state index is 13.5. The van der Waals surface area contributed by atoms with E-state index in [1.165, 1.54) is 4.90 Å². The first-order valence-electron chi connectivity index (χ1n) is 13.2. The Morgan fingerprint density at radius 3 is 2.19 bits per heavy atom. The van der Waals surface area contributed by atoms with Crippen LogP contribution >= 0.6 is 11.6 Å². The summed E-state index contributed by atoms with van der Waals surface area (Å²) in [6.45, 7) is 0.0832. The van der Waals surface area contributed by atoms with Crippen molar-refractivity contribution < 1.29 is 19.1 Å². The molecule has 4 aromatic carbocycles. The average molecular weight is 581 g/mol. The number of imidazole rings is 1. The molecule has 8 nitrogen and oxygen atoms in total. The number of methoxy groups -OCH3 is 2. The van der Waals surface area contributed by atoms with Gasteiger partial charge in [0.25, 0.3) is 5.91 Å². The van der Waals surface area contributed by atoms with Crippen LogP contribution in [0.3, 0.4) is 0 Å². The van der Waals surface area contributed by atoms with Crippen molar-refractivity contribution in [2.24, 2.45) is 0 Å². The van der Waals surface area contributed by atoms with Crippen molar-refractivity contribution in [2.45, 2.75) is 6.54 Å². The van der Waals surface area contributed by atoms with Gasteiger partial charge in [0, 0.05) is 35.0 Å². The molecular weight excluding hydrogens is 552 g/mol. The normalized spacial score (nSPS) is 10.6. The summed E-state index contributed by atoms with van der Waals surface area (Å²) in [6, 6.07) is 31.2. The fourth-order valence-corrected chi connectivity index (χ4v) is 4.63. The highest BCUT2D eigenvalue weighted by Gasteiger charge is 2.22. The highest BCUT2D eigenvalue weighted by atomic mass is 35.5. The lowest BCUT2D eigenvalue weighted by Gasteiger charge is -2.22. The molecule has 0 saturated heterocycles. The molecular formula is C33H29ClN4O4. The SMILES string of the molecule is COc1ccc(-n2cc(-c3ccc(Cl)cc3)nc2NC(=O)CN(Cc2ccccc2)C(=O)c2ccccc2)cc1OC. The minimum atomic E-state index is -0.398. The summed E-state index contributed by atoms with van der Waals surface area (Å²) in [5.41, 5.74) is 3.54. The smallest absolute Gasteiger partial charge is 0.254 e. The highest BCUT2D eigenvalue weighted by Crippen LogP contribution is 2.32. The van der Waals surface area contributed by atoms with Crippen LogP contribution in [0.1, 0.15) is 15.9 Å². The molecule has 0 radical (unpaired) electrons. The summed E-state index contributed by atoms with van der Waals surface area (Å²) in [5, 5.41) is 3.52. The van der Waals surface area contributed by atoms with Crippen LogP contribution in [-0.2, 0) is 11.3 Å². The van der Waals surface area contributed by atoms with E-state index in [1.54, 1.807) is 67.3 Å². The Morgan fingerprint density at radius 1 is 0.857 bits per heavy atom. The Labute approximate surface area is 249 Å². The number of benzene rings is 4. The second-order valence-corrected chi connectivity index (χ2v) is 9.86.